The smallest absolute Gasteiger partial charge is 0.322 e. The second kappa shape index (κ2) is 7.34. The molecule has 2 N–H and O–H groups in total. The van der Waals surface area contributed by atoms with Gasteiger partial charge in [0.2, 0.25) is 0 Å². The molecule has 1 unspecified atom stereocenters. The van der Waals surface area contributed by atoms with Crippen LogP contribution < -0.4 is 10.6 Å². The first-order valence-electron chi connectivity index (χ1n) is 7.10. The second-order valence-corrected chi connectivity index (χ2v) is 6.01. The number of carbonyl (C=O) groups excluding carboxylic acids is 1. The van der Waals surface area contributed by atoms with Gasteiger partial charge in [-0.3, -0.25) is 4.79 Å². The van der Waals surface area contributed by atoms with Gasteiger partial charge < -0.3 is 15.4 Å². The van der Waals surface area contributed by atoms with Gasteiger partial charge in [0.25, 0.3) is 0 Å². The van der Waals surface area contributed by atoms with E-state index in [-0.39, 0.29) is 0 Å². The maximum absolute atomic E-state index is 11.4. The lowest BCUT2D eigenvalue weighted by atomic mass is 10.0. The fourth-order valence-electron chi connectivity index (χ4n) is 2.59. The van der Waals surface area contributed by atoms with E-state index in [9.17, 15) is 4.79 Å². The van der Waals surface area contributed by atoms with Crippen molar-refractivity contribution < 1.29 is 9.53 Å². The zero-order valence-corrected chi connectivity index (χ0v) is 13.6. The second-order valence-electron chi connectivity index (χ2n) is 5.25. The highest BCUT2D eigenvalue weighted by atomic mass is 35.5. The number of nitrogens with two attached hydrogens (primary N) is 1. The molecule has 1 aliphatic rings. The van der Waals surface area contributed by atoms with E-state index in [4.69, 9.17) is 28.9 Å². The number of hydrogen-bond donors (Lipinski definition) is 1. The van der Waals surface area contributed by atoms with Crippen LogP contribution >= 0.6 is 23.2 Å². The topological polar surface area (TPSA) is 55.6 Å². The van der Waals surface area contributed by atoms with Crippen molar-refractivity contribution in [2.24, 2.45) is 5.73 Å². The highest BCUT2D eigenvalue weighted by Crippen LogP contribution is 2.36. The van der Waals surface area contributed by atoms with Gasteiger partial charge in [0.15, 0.2) is 0 Å². The number of nitrogens with zero attached hydrogens (tertiary/aromatic N) is 1. The third kappa shape index (κ3) is 3.82. The zero-order chi connectivity index (χ0) is 15.4. The quantitative estimate of drug-likeness (QED) is 0.862. The van der Waals surface area contributed by atoms with Gasteiger partial charge in [-0.05, 0) is 37.3 Å². The standard InChI is InChI=1S/C15H20Cl2N2O2/c1-21-15(20)11(18)9-10-5-6-12(14(17)13(10)16)19-7-3-2-4-8-19/h5-6,11H,2-4,7-9,18H2,1H3. The van der Waals surface area contributed by atoms with Crippen LogP contribution in [0.25, 0.3) is 0 Å². The van der Waals surface area contributed by atoms with Crippen molar-refractivity contribution >= 4 is 34.9 Å². The summed E-state index contributed by atoms with van der Waals surface area (Å²) in [5, 5.41) is 1.01. The molecule has 2 rings (SSSR count). The number of esters is 1. The average Bonchev–Trinajstić information content (AvgIpc) is 2.52. The predicted octanol–water partition coefficient (Wildman–Crippen LogP) is 3.03. The van der Waals surface area contributed by atoms with Gasteiger partial charge in [-0.2, -0.15) is 0 Å². The van der Waals surface area contributed by atoms with Crippen LogP contribution in [0.4, 0.5) is 5.69 Å². The van der Waals surface area contributed by atoms with Crippen molar-refractivity contribution in [2.45, 2.75) is 31.7 Å². The molecule has 0 aromatic heterocycles. The fourth-order valence-corrected chi connectivity index (χ4v) is 3.13. The van der Waals surface area contributed by atoms with Gasteiger partial charge in [0.05, 0.1) is 22.8 Å². The normalized spacial score (nSPS) is 16.7. The minimum absolute atomic E-state index is 0.311. The van der Waals surface area contributed by atoms with Crippen molar-refractivity contribution in [2.75, 3.05) is 25.1 Å². The third-order valence-corrected chi connectivity index (χ3v) is 4.69. The Bertz CT molecular complexity index is 517. The summed E-state index contributed by atoms with van der Waals surface area (Å²) in [4.78, 5) is 13.6. The Balaban J connectivity index is 2.18. The van der Waals surface area contributed by atoms with Gasteiger partial charge in [-0.1, -0.05) is 29.3 Å². The van der Waals surface area contributed by atoms with Crippen LogP contribution in [-0.4, -0.2) is 32.2 Å². The highest BCUT2D eigenvalue weighted by molar-refractivity contribution is 6.44. The number of benzene rings is 1. The molecular formula is C15H20Cl2N2O2. The summed E-state index contributed by atoms with van der Waals surface area (Å²) in [7, 11) is 1.32. The predicted molar refractivity (Wildman–Crippen MR) is 86.2 cm³/mol. The monoisotopic (exact) mass is 330 g/mol. The third-order valence-electron chi connectivity index (χ3n) is 3.78. The van der Waals surface area contributed by atoms with Crippen LogP contribution in [0.2, 0.25) is 10.0 Å². The van der Waals surface area contributed by atoms with E-state index in [2.05, 4.69) is 9.64 Å². The Labute approximate surface area is 135 Å². The Hall–Kier alpha value is -0.970. The SMILES string of the molecule is COC(=O)C(N)Cc1ccc(N2CCCCC2)c(Cl)c1Cl. The van der Waals surface area contributed by atoms with Gasteiger partial charge in [-0.25, -0.2) is 0 Å². The summed E-state index contributed by atoms with van der Waals surface area (Å²) < 4.78 is 4.62. The van der Waals surface area contributed by atoms with E-state index in [0.717, 1.165) is 24.3 Å². The molecule has 1 atom stereocenters. The number of rotatable bonds is 4. The molecule has 1 aliphatic heterocycles. The van der Waals surface area contributed by atoms with Crippen LogP contribution in [0, 0.1) is 0 Å². The number of ether oxygens (including phenoxy) is 1. The molecule has 1 aromatic carbocycles. The van der Waals surface area contributed by atoms with E-state index < -0.39 is 12.0 Å². The first-order valence-corrected chi connectivity index (χ1v) is 7.85. The summed E-state index contributed by atoms with van der Waals surface area (Å²) in [5.41, 5.74) is 7.49. The number of carbonyl (C=O) groups is 1. The largest absolute Gasteiger partial charge is 0.468 e. The van der Waals surface area contributed by atoms with Crippen LogP contribution in [-0.2, 0) is 16.0 Å². The van der Waals surface area contributed by atoms with Crippen LogP contribution in [0.1, 0.15) is 24.8 Å². The number of methoxy groups -OCH3 is 1. The van der Waals surface area contributed by atoms with Crippen molar-refractivity contribution in [3.63, 3.8) is 0 Å². The van der Waals surface area contributed by atoms with Crippen LogP contribution in [0.3, 0.4) is 0 Å². The Kier molecular flexibility index (Phi) is 5.73. The minimum Gasteiger partial charge on any atom is -0.468 e. The van der Waals surface area contributed by atoms with E-state index in [0.29, 0.717) is 16.5 Å². The molecule has 0 radical (unpaired) electrons. The van der Waals surface area contributed by atoms with Crippen LogP contribution in [0.15, 0.2) is 12.1 Å². The average molecular weight is 331 g/mol. The van der Waals surface area contributed by atoms with E-state index in [1.54, 1.807) is 0 Å². The van der Waals surface area contributed by atoms with Crippen molar-refractivity contribution in [3.8, 4) is 0 Å². The molecule has 116 valence electrons. The molecule has 0 amide bonds. The molecule has 21 heavy (non-hydrogen) atoms. The number of hydrogen-bond acceptors (Lipinski definition) is 4. The lowest BCUT2D eigenvalue weighted by Crippen LogP contribution is -2.34. The molecule has 0 bridgehead atoms. The fraction of sp³-hybridized carbons (Fsp3) is 0.533. The molecule has 1 aromatic rings. The minimum atomic E-state index is -0.732. The van der Waals surface area contributed by atoms with Crippen molar-refractivity contribution in [3.05, 3.63) is 27.7 Å². The molecule has 1 heterocycles. The summed E-state index contributed by atoms with van der Waals surface area (Å²) >= 11 is 12.7. The summed E-state index contributed by atoms with van der Waals surface area (Å²) in [6.45, 7) is 1.99. The molecule has 0 spiro atoms. The Morgan fingerprint density at radius 2 is 1.95 bits per heavy atom. The molecule has 0 aliphatic carbocycles. The molecule has 1 fully saturated rings. The molecule has 1 saturated heterocycles. The van der Waals surface area contributed by atoms with E-state index >= 15 is 0 Å². The maximum atomic E-state index is 11.4. The molecule has 0 saturated carbocycles. The first-order chi connectivity index (χ1) is 10.0. The van der Waals surface area contributed by atoms with E-state index in [1.807, 2.05) is 12.1 Å². The van der Waals surface area contributed by atoms with Gasteiger partial charge in [0.1, 0.15) is 6.04 Å². The van der Waals surface area contributed by atoms with Gasteiger partial charge >= 0.3 is 5.97 Å². The Morgan fingerprint density at radius 3 is 2.57 bits per heavy atom. The van der Waals surface area contributed by atoms with Gasteiger partial charge in [-0.15, -0.1) is 0 Å². The lowest BCUT2D eigenvalue weighted by molar-refractivity contribution is -0.142. The van der Waals surface area contributed by atoms with E-state index in [1.165, 1.54) is 26.4 Å². The first kappa shape index (κ1) is 16.4. The van der Waals surface area contributed by atoms with Crippen molar-refractivity contribution in [1.82, 2.24) is 0 Å². The molecule has 6 heteroatoms. The summed E-state index contributed by atoms with van der Waals surface area (Å²) in [6, 6.07) is 3.12. The highest BCUT2D eigenvalue weighted by Gasteiger charge is 2.20. The molecular weight excluding hydrogens is 311 g/mol. The zero-order valence-electron chi connectivity index (χ0n) is 12.1. The van der Waals surface area contributed by atoms with Crippen molar-refractivity contribution in [1.29, 1.82) is 0 Å². The summed E-state index contributed by atoms with van der Waals surface area (Å²) in [5.74, 6) is -0.456. The summed E-state index contributed by atoms with van der Waals surface area (Å²) in [6.07, 6.45) is 3.91. The lowest BCUT2D eigenvalue weighted by Gasteiger charge is -2.30. The maximum Gasteiger partial charge on any atom is 0.322 e. The van der Waals surface area contributed by atoms with Crippen LogP contribution in [0.5, 0.6) is 0 Å². The molecule has 4 nitrogen and oxygen atoms in total. The van der Waals surface area contributed by atoms with Gasteiger partial charge in [0, 0.05) is 13.1 Å². The number of piperidine rings is 1. The number of halogens is 2. The Morgan fingerprint density at radius 1 is 1.29 bits per heavy atom. The number of anilines is 1.